The molecule has 1 amide bonds. The molecule has 0 bridgehead atoms. The van der Waals surface area contributed by atoms with Crippen molar-refractivity contribution in [2.24, 2.45) is 7.05 Å². The van der Waals surface area contributed by atoms with Crippen LogP contribution >= 0.6 is 0 Å². The zero-order chi connectivity index (χ0) is 16.4. The third-order valence-corrected chi connectivity index (χ3v) is 3.38. The van der Waals surface area contributed by atoms with Gasteiger partial charge in [-0.1, -0.05) is 25.5 Å². The Morgan fingerprint density at radius 1 is 1.27 bits per heavy atom. The molecule has 0 aliphatic rings. The van der Waals surface area contributed by atoms with Crippen molar-refractivity contribution in [1.82, 2.24) is 9.78 Å². The molecule has 1 heterocycles. The first-order valence-electron chi connectivity index (χ1n) is 6.99. The van der Waals surface area contributed by atoms with Gasteiger partial charge in [0.2, 0.25) is 0 Å². The van der Waals surface area contributed by atoms with Crippen LogP contribution in [0.4, 0.5) is 5.69 Å². The molecule has 2 rings (SSSR count). The topological polar surface area (TPSA) is 84.2 Å². The minimum atomic E-state index is -1.08. The standard InChI is InChI=1S/C16H19N3O3/c1-9(2)13-8-14(19(4)18-13)15(20)17-12-6-5-10(3)7-11(12)16(21)22/h5-9H,1-4H3,(H,17,20)(H,21,22). The molecule has 1 aromatic heterocycles. The summed E-state index contributed by atoms with van der Waals surface area (Å²) in [5, 5.41) is 16.2. The van der Waals surface area contributed by atoms with E-state index in [4.69, 9.17) is 0 Å². The predicted molar refractivity (Wildman–Crippen MR) is 83.4 cm³/mol. The molecule has 0 unspecified atom stereocenters. The minimum absolute atomic E-state index is 0.0691. The van der Waals surface area contributed by atoms with E-state index in [1.165, 1.54) is 10.7 Å². The highest BCUT2D eigenvalue weighted by Crippen LogP contribution is 2.19. The molecule has 6 heteroatoms. The maximum atomic E-state index is 12.4. The molecule has 0 radical (unpaired) electrons. The molecule has 2 N–H and O–H groups in total. The van der Waals surface area contributed by atoms with Crippen LogP contribution in [0.25, 0.3) is 0 Å². The van der Waals surface area contributed by atoms with Crippen LogP contribution in [0.5, 0.6) is 0 Å². The third-order valence-electron chi connectivity index (χ3n) is 3.38. The molecule has 2 aromatic rings. The number of hydrogen-bond donors (Lipinski definition) is 2. The summed E-state index contributed by atoms with van der Waals surface area (Å²) in [4.78, 5) is 23.6. The number of aryl methyl sites for hydroxylation is 2. The molecule has 1 aromatic carbocycles. The molecule has 22 heavy (non-hydrogen) atoms. The van der Waals surface area contributed by atoms with Crippen LogP contribution in [-0.4, -0.2) is 26.8 Å². The van der Waals surface area contributed by atoms with E-state index in [1.54, 1.807) is 32.2 Å². The van der Waals surface area contributed by atoms with E-state index in [1.807, 2.05) is 13.8 Å². The van der Waals surface area contributed by atoms with Gasteiger partial charge in [-0.25, -0.2) is 4.79 Å². The Balaban J connectivity index is 2.31. The number of carboxylic acid groups (broad SMARTS) is 1. The number of carboxylic acids is 1. The van der Waals surface area contributed by atoms with E-state index < -0.39 is 5.97 Å². The summed E-state index contributed by atoms with van der Waals surface area (Å²) in [5.41, 5.74) is 2.36. The number of benzene rings is 1. The van der Waals surface area contributed by atoms with Crippen LogP contribution in [0.3, 0.4) is 0 Å². The lowest BCUT2D eigenvalue weighted by atomic mass is 10.1. The van der Waals surface area contributed by atoms with Gasteiger partial charge in [0.25, 0.3) is 5.91 Å². The van der Waals surface area contributed by atoms with E-state index in [-0.39, 0.29) is 23.1 Å². The summed E-state index contributed by atoms with van der Waals surface area (Å²) in [5.74, 6) is -1.25. The normalized spacial score (nSPS) is 10.8. The van der Waals surface area contributed by atoms with Gasteiger partial charge < -0.3 is 10.4 Å². The second-order valence-corrected chi connectivity index (χ2v) is 5.54. The number of anilines is 1. The van der Waals surface area contributed by atoms with Crippen LogP contribution in [0.15, 0.2) is 24.3 Å². The molecular formula is C16H19N3O3. The molecule has 6 nitrogen and oxygen atoms in total. The first-order chi connectivity index (χ1) is 10.3. The smallest absolute Gasteiger partial charge is 0.337 e. The van der Waals surface area contributed by atoms with E-state index in [0.717, 1.165) is 11.3 Å². The third kappa shape index (κ3) is 3.16. The Morgan fingerprint density at radius 2 is 1.95 bits per heavy atom. The molecule has 0 spiro atoms. The minimum Gasteiger partial charge on any atom is -0.478 e. The zero-order valence-corrected chi connectivity index (χ0v) is 13.0. The van der Waals surface area contributed by atoms with Crippen LogP contribution in [0.2, 0.25) is 0 Å². The number of amides is 1. The molecule has 0 aliphatic carbocycles. The van der Waals surface area contributed by atoms with Gasteiger partial charge in [-0.15, -0.1) is 0 Å². The van der Waals surface area contributed by atoms with Crippen molar-refractivity contribution in [3.8, 4) is 0 Å². The highest BCUT2D eigenvalue weighted by atomic mass is 16.4. The molecule has 0 fully saturated rings. The van der Waals surface area contributed by atoms with Crippen LogP contribution < -0.4 is 5.32 Å². The number of rotatable bonds is 4. The largest absolute Gasteiger partial charge is 0.478 e. The summed E-state index contributed by atoms with van der Waals surface area (Å²) >= 11 is 0. The monoisotopic (exact) mass is 301 g/mol. The van der Waals surface area contributed by atoms with E-state index in [9.17, 15) is 14.7 Å². The van der Waals surface area contributed by atoms with Gasteiger partial charge >= 0.3 is 5.97 Å². The van der Waals surface area contributed by atoms with E-state index in [2.05, 4.69) is 10.4 Å². The van der Waals surface area contributed by atoms with Gasteiger partial charge in [-0.05, 0) is 31.0 Å². The molecule has 116 valence electrons. The van der Waals surface area contributed by atoms with Crippen molar-refractivity contribution in [1.29, 1.82) is 0 Å². The number of nitrogens with one attached hydrogen (secondary N) is 1. The summed E-state index contributed by atoms with van der Waals surface area (Å²) in [6, 6.07) is 6.59. The summed E-state index contributed by atoms with van der Waals surface area (Å²) in [7, 11) is 1.69. The SMILES string of the molecule is Cc1ccc(NC(=O)c2cc(C(C)C)nn2C)c(C(=O)O)c1. The first kappa shape index (κ1) is 15.8. The van der Waals surface area contributed by atoms with Crippen molar-refractivity contribution in [3.63, 3.8) is 0 Å². The Bertz CT molecular complexity index is 732. The summed E-state index contributed by atoms with van der Waals surface area (Å²) in [6.07, 6.45) is 0. The second-order valence-electron chi connectivity index (χ2n) is 5.54. The van der Waals surface area contributed by atoms with Crippen LogP contribution in [0, 0.1) is 6.92 Å². The second kappa shape index (κ2) is 6.01. The van der Waals surface area contributed by atoms with Gasteiger partial charge in [0.1, 0.15) is 5.69 Å². The lowest BCUT2D eigenvalue weighted by Crippen LogP contribution is -2.18. The van der Waals surface area contributed by atoms with Gasteiger partial charge in [-0.2, -0.15) is 5.10 Å². The molecular weight excluding hydrogens is 282 g/mol. The molecule has 0 saturated carbocycles. The Hall–Kier alpha value is -2.63. The Labute approximate surface area is 128 Å². The average molecular weight is 301 g/mol. The average Bonchev–Trinajstić information content (AvgIpc) is 2.83. The summed E-state index contributed by atoms with van der Waals surface area (Å²) < 4.78 is 1.50. The molecule has 0 saturated heterocycles. The molecule has 0 aliphatic heterocycles. The van der Waals surface area contributed by atoms with E-state index >= 15 is 0 Å². The first-order valence-corrected chi connectivity index (χ1v) is 6.99. The van der Waals surface area contributed by atoms with Crippen molar-refractivity contribution >= 4 is 17.6 Å². The quantitative estimate of drug-likeness (QED) is 0.909. The van der Waals surface area contributed by atoms with Gasteiger partial charge in [-0.3, -0.25) is 9.48 Å². The fourth-order valence-electron chi connectivity index (χ4n) is 2.11. The Kier molecular flexibility index (Phi) is 4.30. The van der Waals surface area contributed by atoms with Crippen molar-refractivity contribution in [3.05, 3.63) is 46.8 Å². The van der Waals surface area contributed by atoms with Crippen LogP contribution in [-0.2, 0) is 7.05 Å². The molecule has 0 atom stereocenters. The highest BCUT2D eigenvalue weighted by molar-refractivity contribution is 6.07. The summed E-state index contributed by atoms with van der Waals surface area (Å²) in [6.45, 7) is 5.78. The van der Waals surface area contributed by atoms with Gasteiger partial charge in [0.05, 0.1) is 16.9 Å². The number of hydrogen-bond acceptors (Lipinski definition) is 3. The lowest BCUT2D eigenvalue weighted by Gasteiger charge is -2.09. The maximum absolute atomic E-state index is 12.4. The fraction of sp³-hybridized carbons (Fsp3) is 0.312. The number of carbonyl (C=O) groups excluding carboxylic acids is 1. The van der Waals surface area contributed by atoms with Crippen molar-refractivity contribution in [2.45, 2.75) is 26.7 Å². The number of nitrogens with zero attached hydrogens (tertiary/aromatic N) is 2. The van der Waals surface area contributed by atoms with Gasteiger partial charge in [0.15, 0.2) is 0 Å². The number of aromatic nitrogens is 2. The van der Waals surface area contributed by atoms with Gasteiger partial charge in [0, 0.05) is 7.05 Å². The lowest BCUT2D eigenvalue weighted by molar-refractivity contribution is 0.0698. The van der Waals surface area contributed by atoms with Crippen molar-refractivity contribution < 1.29 is 14.7 Å². The van der Waals surface area contributed by atoms with Crippen LogP contribution in [0.1, 0.15) is 51.9 Å². The highest BCUT2D eigenvalue weighted by Gasteiger charge is 2.18. The zero-order valence-electron chi connectivity index (χ0n) is 13.0. The fourth-order valence-corrected chi connectivity index (χ4v) is 2.11. The number of carbonyl (C=O) groups is 2. The maximum Gasteiger partial charge on any atom is 0.337 e. The van der Waals surface area contributed by atoms with Crippen molar-refractivity contribution in [2.75, 3.05) is 5.32 Å². The Morgan fingerprint density at radius 3 is 2.50 bits per heavy atom. The predicted octanol–water partition coefficient (Wildman–Crippen LogP) is 2.80. The van der Waals surface area contributed by atoms with E-state index in [0.29, 0.717) is 5.69 Å². The number of aromatic carboxylic acids is 1.